The number of nitro groups is 2. The number of piperidine rings is 1. The second kappa shape index (κ2) is 7.97. The van der Waals surface area contributed by atoms with E-state index in [2.05, 4.69) is 5.32 Å². The van der Waals surface area contributed by atoms with Gasteiger partial charge in [0.2, 0.25) is 0 Å². The lowest BCUT2D eigenvalue weighted by Crippen LogP contribution is -2.42. The maximum atomic E-state index is 12.1. The minimum atomic E-state index is -1.42. The van der Waals surface area contributed by atoms with Gasteiger partial charge in [-0.1, -0.05) is 0 Å². The SMILES string of the molecule is CC1(C)OC(=O)C(=CNc2cc(N3CCCCC3)c([N+](=O)[O-])cc2[N+](=O)[O-])C(=O)O1. The van der Waals surface area contributed by atoms with E-state index in [1.54, 1.807) is 4.90 Å². The zero-order valence-electron chi connectivity index (χ0n) is 16.4. The third-order valence-corrected chi connectivity index (χ3v) is 4.67. The number of rotatable bonds is 5. The Hall–Kier alpha value is -3.70. The molecule has 12 nitrogen and oxygen atoms in total. The second-order valence-corrected chi connectivity index (χ2v) is 7.30. The molecule has 30 heavy (non-hydrogen) atoms. The lowest BCUT2D eigenvalue weighted by atomic mass is 10.1. The van der Waals surface area contributed by atoms with Crippen LogP contribution in [0.5, 0.6) is 0 Å². The smallest absolute Gasteiger partial charge is 0.350 e. The summed E-state index contributed by atoms with van der Waals surface area (Å²) in [5.41, 5.74) is -1.33. The van der Waals surface area contributed by atoms with Crippen LogP contribution >= 0.6 is 0 Å². The molecule has 2 aliphatic rings. The van der Waals surface area contributed by atoms with E-state index in [1.807, 2.05) is 0 Å². The van der Waals surface area contributed by atoms with Crippen LogP contribution in [0.2, 0.25) is 0 Å². The molecule has 0 atom stereocenters. The van der Waals surface area contributed by atoms with Gasteiger partial charge in [0.25, 0.3) is 17.2 Å². The highest BCUT2D eigenvalue weighted by Gasteiger charge is 2.39. The molecular weight excluding hydrogens is 400 g/mol. The van der Waals surface area contributed by atoms with Gasteiger partial charge in [-0.15, -0.1) is 0 Å². The average molecular weight is 420 g/mol. The van der Waals surface area contributed by atoms with E-state index in [4.69, 9.17) is 9.47 Å². The van der Waals surface area contributed by atoms with Gasteiger partial charge in [0.15, 0.2) is 5.57 Å². The van der Waals surface area contributed by atoms with Gasteiger partial charge < -0.3 is 19.7 Å². The Morgan fingerprint density at radius 2 is 1.57 bits per heavy atom. The van der Waals surface area contributed by atoms with E-state index in [0.717, 1.165) is 31.5 Å². The fourth-order valence-corrected chi connectivity index (χ4v) is 3.30. The van der Waals surface area contributed by atoms with E-state index in [1.165, 1.54) is 19.9 Å². The zero-order valence-corrected chi connectivity index (χ0v) is 16.4. The largest absolute Gasteiger partial charge is 0.419 e. The van der Waals surface area contributed by atoms with E-state index >= 15 is 0 Å². The summed E-state index contributed by atoms with van der Waals surface area (Å²) < 4.78 is 9.94. The summed E-state index contributed by atoms with van der Waals surface area (Å²) in [7, 11) is 0. The van der Waals surface area contributed by atoms with Crippen molar-refractivity contribution in [1.29, 1.82) is 0 Å². The van der Waals surface area contributed by atoms with Crippen LogP contribution in [0.1, 0.15) is 33.1 Å². The predicted molar refractivity (Wildman–Crippen MR) is 104 cm³/mol. The molecule has 0 amide bonds. The van der Waals surface area contributed by atoms with Gasteiger partial charge in [0.1, 0.15) is 11.4 Å². The molecule has 0 bridgehead atoms. The minimum absolute atomic E-state index is 0.107. The van der Waals surface area contributed by atoms with Crippen molar-refractivity contribution in [3.8, 4) is 0 Å². The van der Waals surface area contributed by atoms with Crippen molar-refractivity contribution in [1.82, 2.24) is 0 Å². The fourth-order valence-electron chi connectivity index (χ4n) is 3.30. The first kappa shape index (κ1) is 21.0. The van der Waals surface area contributed by atoms with Crippen molar-refractivity contribution in [2.75, 3.05) is 23.3 Å². The van der Waals surface area contributed by atoms with Crippen molar-refractivity contribution >= 4 is 34.7 Å². The maximum absolute atomic E-state index is 12.1. The van der Waals surface area contributed by atoms with E-state index in [9.17, 15) is 29.8 Å². The molecule has 160 valence electrons. The molecule has 1 N–H and O–H groups in total. The zero-order chi connectivity index (χ0) is 22.1. The van der Waals surface area contributed by atoms with Gasteiger partial charge in [-0.25, -0.2) is 9.59 Å². The summed E-state index contributed by atoms with van der Waals surface area (Å²) in [6.45, 7) is 3.93. The number of anilines is 2. The molecule has 1 aromatic rings. The van der Waals surface area contributed by atoms with Crippen LogP contribution in [-0.2, 0) is 19.1 Å². The standard InChI is InChI=1S/C18H20N4O8/c1-18(2)29-16(23)11(17(24)30-18)10-19-12-8-14(20-6-4-3-5-7-20)15(22(27)28)9-13(12)21(25)26/h8-10,19H,3-7H2,1-2H3. The summed E-state index contributed by atoms with van der Waals surface area (Å²) >= 11 is 0. The van der Waals surface area contributed by atoms with Gasteiger partial charge in [-0.05, 0) is 25.3 Å². The highest BCUT2D eigenvalue weighted by molar-refractivity contribution is 6.15. The van der Waals surface area contributed by atoms with Crippen LogP contribution in [-0.4, -0.2) is 40.7 Å². The Kier molecular flexibility index (Phi) is 5.58. The third-order valence-electron chi connectivity index (χ3n) is 4.67. The quantitative estimate of drug-likeness (QED) is 0.247. The molecular formula is C18H20N4O8. The Labute approximate surface area is 170 Å². The number of nitrogens with zero attached hydrogens (tertiary/aromatic N) is 3. The Bertz CT molecular complexity index is 928. The summed E-state index contributed by atoms with van der Waals surface area (Å²) in [6, 6.07) is 2.15. The van der Waals surface area contributed by atoms with Crippen LogP contribution in [0.4, 0.5) is 22.7 Å². The number of ether oxygens (including phenoxy) is 2. The van der Waals surface area contributed by atoms with Gasteiger partial charge in [0, 0.05) is 33.1 Å². The van der Waals surface area contributed by atoms with Crippen LogP contribution in [0.3, 0.4) is 0 Å². The number of nitro benzene ring substituents is 2. The average Bonchev–Trinajstić information content (AvgIpc) is 2.66. The second-order valence-electron chi connectivity index (χ2n) is 7.30. The Balaban J connectivity index is 2.00. The summed E-state index contributed by atoms with van der Waals surface area (Å²) in [5.74, 6) is -3.33. The van der Waals surface area contributed by atoms with Gasteiger partial charge in [-0.2, -0.15) is 0 Å². The van der Waals surface area contributed by atoms with Crippen LogP contribution in [0.15, 0.2) is 23.9 Å². The number of carbonyl (C=O) groups is 2. The highest BCUT2D eigenvalue weighted by atomic mass is 16.7. The first-order valence-electron chi connectivity index (χ1n) is 9.24. The first-order chi connectivity index (χ1) is 14.1. The molecule has 12 heteroatoms. The van der Waals surface area contributed by atoms with Gasteiger partial charge in [0.05, 0.1) is 15.9 Å². The lowest BCUT2D eigenvalue weighted by Gasteiger charge is -2.30. The third kappa shape index (κ3) is 4.31. The van der Waals surface area contributed by atoms with E-state index in [-0.39, 0.29) is 17.1 Å². The molecule has 0 saturated carbocycles. The highest BCUT2D eigenvalue weighted by Crippen LogP contribution is 2.39. The first-order valence-corrected chi connectivity index (χ1v) is 9.24. The molecule has 0 spiro atoms. The number of esters is 2. The van der Waals surface area contributed by atoms with Crippen molar-refractivity contribution in [3.05, 3.63) is 44.1 Å². The monoisotopic (exact) mass is 420 g/mol. The molecule has 3 rings (SSSR count). The van der Waals surface area contributed by atoms with Crippen LogP contribution < -0.4 is 10.2 Å². The number of cyclic esters (lactones) is 2. The molecule has 0 aliphatic carbocycles. The normalized spacial score (nSPS) is 18.3. The van der Waals surface area contributed by atoms with Gasteiger partial charge >= 0.3 is 11.9 Å². The van der Waals surface area contributed by atoms with Crippen molar-refractivity contribution < 1.29 is 28.9 Å². The molecule has 1 aromatic carbocycles. The topological polar surface area (TPSA) is 154 Å². The summed E-state index contributed by atoms with van der Waals surface area (Å²) in [6.07, 6.45) is 3.62. The molecule has 2 fully saturated rings. The van der Waals surface area contributed by atoms with E-state index in [0.29, 0.717) is 13.1 Å². The molecule has 0 aromatic heterocycles. The minimum Gasteiger partial charge on any atom is -0.419 e. The van der Waals surface area contributed by atoms with Gasteiger partial charge in [-0.3, -0.25) is 20.2 Å². The van der Waals surface area contributed by atoms with Crippen molar-refractivity contribution in [2.24, 2.45) is 0 Å². The summed E-state index contributed by atoms with van der Waals surface area (Å²) in [5, 5.41) is 25.5. The molecule has 2 heterocycles. The summed E-state index contributed by atoms with van der Waals surface area (Å²) in [4.78, 5) is 47.4. The Morgan fingerprint density at radius 3 is 2.10 bits per heavy atom. The van der Waals surface area contributed by atoms with Crippen LogP contribution in [0, 0.1) is 20.2 Å². The number of benzene rings is 1. The maximum Gasteiger partial charge on any atom is 0.350 e. The number of hydrogen-bond donors (Lipinski definition) is 1. The molecule has 2 saturated heterocycles. The van der Waals surface area contributed by atoms with Crippen molar-refractivity contribution in [2.45, 2.75) is 38.9 Å². The number of carbonyl (C=O) groups excluding carboxylic acids is 2. The van der Waals surface area contributed by atoms with Crippen molar-refractivity contribution in [3.63, 3.8) is 0 Å². The fraction of sp³-hybridized carbons (Fsp3) is 0.444. The Morgan fingerprint density at radius 1 is 1.00 bits per heavy atom. The predicted octanol–water partition coefficient (Wildman–Crippen LogP) is 2.63. The molecule has 0 unspecified atom stereocenters. The lowest BCUT2D eigenvalue weighted by molar-refractivity contribution is -0.393. The number of hydrogen-bond acceptors (Lipinski definition) is 10. The number of nitrogens with one attached hydrogen (secondary N) is 1. The van der Waals surface area contributed by atoms with Crippen LogP contribution in [0.25, 0.3) is 0 Å². The van der Waals surface area contributed by atoms with E-state index < -0.39 is 38.8 Å². The molecule has 0 radical (unpaired) electrons. The molecule has 2 aliphatic heterocycles.